The molecule has 0 aromatic heterocycles. The van der Waals surface area contributed by atoms with Gasteiger partial charge in [0, 0.05) is 5.56 Å². The lowest BCUT2D eigenvalue weighted by molar-refractivity contribution is 0.0694. The van der Waals surface area contributed by atoms with Crippen LogP contribution in [0.2, 0.25) is 0 Å². The number of hydrogen-bond acceptors (Lipinski definition) is 3. The minimum absolute atomic E-state index is 0.00127. The summed E-state index contributed by atoms with van der Waals surface area (Å²) < 4.78 is 19.0. The number of ether oxygens (including phenoxy) is 1. The lowest BCUT2D eigenvalue weighted by Crippen LogP contribution is -2.11. The summed E-state index contributed by atoms with van der Waals surface area (Å²) in [4.78, 5) is 21.9. The summed E-state index contributed by atoms with van der Waals surface area (Å²) in [6, 6.07) is 9.29. The van der Waals surface area contributed by atoms with Crippen molar-refractivity contribution in [2.45, 2.75) is 0 Å². The Kier molecular flexibility index (Phi) is 3.65. The molecule has 2 aromatic rings. The smallest absolute Gasteiger partial charge is 0.339 e. The predicted octanol–water partition coefficient (Wildman–Crippen LogP) is 2.42. The predicted molar refractivity (Wildman–Crippen MR) is 68.4 cm³/mol. The maximum absolute atomic E-state index is 13.7. The van der Waals surface area contributed by atoms with E-state index in [0.29, 0.717) is 0 Å². The summed E-state index contributed by atoms with van der Waals surface area (Å²) in [6.45, 7) is 0. The van der Waals surface area contributed by atoms with E-state index in [1.54, 1.807) is 6.07 Å². The normalized spacial score (nSPS) is 10.1. The SMILES string of the molecule is NC(=O)c1ccc(Oc2ccccc2C(=O)O)c(F)c1. The molecule has 0 fully saturated rings. The second-order valence-electron chi connectivity index (χ2n) is 3.91. The van der Waals surface area contributed by atoms with Gasteiger partial charge in [-0.15, -0.1) is 0 Å². The van der Waals surface area contributed by atoms with Crippen molar-refractivity contribution in [3.63, 3.8) is 0 Å². The average Bonchev–Trinajstić information content (AvgIpc) is 2.41. The Bertz CT molecular complexity index is 685. The fourth-order valence-corrected chi connectivity index (χ4v) is 1.59. The van der Waals surface area contributed by atoms with Crippen molar-refractivity contribution in [2.24, 2.45) is 5.73 Å². The molecule has 0 spiro atoms. The molecule has 0 aliphatic heterocycles. The number of carbonyl (C=O) groups is 2. The van der Waals surface area contributed by atoms with Crippen LogP contribution in [0.4, 0.5) is 4.39 Å². The van der Waals surface area contributed by atoms with Crippen molar-refractivity contribution in [2.75, 3.05) is 0 Å². The second-order valence-corrected chi connectivity index (χ2v) is 3.91. The third kappa shape index (κ3) is 2.74. The molecule has 0 bridgehead atoms. The van der Waals surface area contributed by atoms with Crippen LogP contribution in [0.1, 0.15) is 20.7 Å². The highest BCUT2D eigenvalue weighted by Gasteiger charge is 2.14. The van der Waals surface area contributed by atoms with E-state index < -0.39 is 17.7 Å². The van der Waals surface area contributed by atoms with E-state index in [4.69, 9.17) is 15.6 Å². The summed E-state index contributed by atoms with van der Waals surface area (Å²) in [5.74, 6) is -2.94. The molecule has 5 nitrogen and oxygen atoms in total. The zero-order valence-corrected chi connectivity index (χ0v) is 10.2. The van der Waals surface area contributed by atoms with Gasteiger partial charge < -0.3 is 15.6 Å². The molecule has 2 rings (SSSR count). The van der Waals surface area contributed by atoms with Crippen molar-refractivity contribution in [3.8, 4) is 11.5 Å². The van der Waals surface area contributed by atoms with Gasteiger partial charge in [0.2, 0.25) is 5.91 Å². The van der Waals surface area contributed by atoms with Crippen LogP contribution in [0.5, 0.6) is 11.5 Å². The van der Waals surface area contributed by atoms with Gasteiger partial charge in [0.15, 0.2) is 11.6 Å². The molecular formula is C14H10FNO4. The summed E-state index contributed by atoms with van der Waals surface area (Å²) in [7, 11) is 0. The van der Waals surface area contributed by atoms with Crippen molar-refractivity contribution in [1.82, 2.24) is 0 Å². The Morgan fingerprint density at radius 3 is 2.40 bits per heavy atom. The Morgan fingerprint density at radius 2 is 1.80 bits per heavy atom. The van der Waals surface area contributed by atoms with Gasteiger partial charge in [-0.1, -0.05) is 12.1 Å². The third-order valence-electron chi connectivity index (χ3n) is 2.55. The van der Waals surface area contributed by atoms with Crippen LogP contribution in [-0.2, 0) is 0 Å². The number of aromatic carboxylic acids is 1. The molecule has 2 aromatic carbocycles. The maximum Gasteiger partial charge on any atom is 0.339 e. The number of amides is 1. The number of carboxylic acid groups (broad SMARTS) is 1. The van der Waals surface area contributed by atoms with Gasteiger partial charge in [0.05, 0.1) is 0 Å². The van der Waals surface area contributed by atoms with E-state index in [9.17, 15) is 14.0 Å². The number of para-hydroxylation sites is 1. The molecule has 1 amide bonds. The van der Waals surface area contributed by atoms with Gasteiger partial charge in [0.25, 0.3) is 0 Å². The largest absolute Gasteiger partial charge is 0.478 e. The van der Waals surface area contributed by atoms with Gasteiger partial charge in [-0.25, -0.2) is 9.18 Å². The van der Waals surface area contributed by atoms with Crippen LogP contribution >= 0.6 is 0 Å². The standard InChI is InChI=1S/C14H10FNO4/c15-10-7-8(13(16)17)5-6-12(10)20-11-4-2-1-3-9(11)14(18)19/h1-7H,(H2,16,17)(H,18,19). The Labute approximate surface area is 113 Å². The van der Waals surface area contributed by atoms with E-state index in [0.717, 1.165) is 6.07 Å². The molecule has 0 heterocycles. The van der Waals surface area contributed by atoms with E-state index >= 15 is 0 Å². The first-order valence-corrected chi connectivity index (χ1v) is 5.58. The van der Waals surface area contributed by atoms with Crippen molar-refractivity contribution in [1.29, 1.82) is 0 Å². The lowest BCUT2D eigenvalue weighted by atomic mass is 10.2. The first-order chi connectivity index (χ1) is 9.49. The third-order valence-corrected chi connectivity index (χ3v) is 2.55. The van der Waals surface area contributed by atoms with E-state index in [2.05, 4.69) is 0 Å². The fraction of sp³-hybridized carbons (Fsp3) is 0. The number of nitrogens with two attached hydrogens (primary N) is 1. The Morgan fingerprint density at radius 1 is 1.10 bits per heavy atom. The molecule has 102 valence electrons. The zero-order valence-electron chi connectivity index (χ0n) is 10.2. The zero-order chi connectivity index (χ0) is 14.7. The van der Waals surface area contributed by atoms with Gasteiger partial charge in [-0.05, 0) is 30.3 Å². The molecule has 0 unspecified atom stereocenters. The molecule has 6 heteroatoms. The Balaban J connectivity index is 2.36. The van der Waals surface area contributed by atoms with Crippen LogP contribution < -0.4 is 10.5 Å². The molecule has 0 radical (unpaired) electrons. The van der Waals surface area contributed by atoms with Crippen LogP contribution in [0, 0.1) is 5.82 Å². The summed E-state index contributed by atoms with van der Waals surface area (Å²) in [6.07, 6.45) is 0. The molecule has 0 aliphatic rings. The first-order valence-electron chi connectivity index (χ1n) is 5.58. The molecular weight excluding hydrogens is 265 g/mol. The number of benzene rings is 2. The second kappa shape index (κ2) is 5.40. The van der Waals surface area contributed by atoms with Crippen LogP contribution in [0.15, 0.2) is 42.5 Å². The van der Waals surface area contributed by atoms with Gasteiger partial charge in [-0.2, -0.15) is 0 Å². The number of carbonyl (C=O) groups excluding carboxylic acids is 1. The number of halogens is 1. The highest BCUT2D eigenvalue weighted by molar-refractivity contribution is 5.93. The maximum atomic E-state index is 13.7. The van der Waals surface area contributed by atoms with E-state index in [1.165, 1.54) is 30.3 Å². The van der Waals surface area contributed by atoms with Gasteiger partial charge in [0.1, 0.15) is 11.3 Å². The molecule has 0 saturated carbocycles. The van der Waals surface area contributed by atoms with Gasteiger partial charge in [-0.3, -0.25) is 4.79 Å². The minimum atomic E-state index is -1.19. The topological polar surface area (TPSA) is 89.6 Å². The quantitative estimate of drug-likeness (QED) is 0.896. The monoisotopic (exact) mass is 275 g/mol. The molecule has 20 heavy (non-hydrogen) atoms. The van der Waals surface area contributed by atoms with E-state index in [1.807, 2.05) is 0 Å². The molecule has 0 aliphatic carbocycles. The molecule has 0 atom stereocenters. The minimum Gasteiger partial charge on any atom is -0.478 e. The summed E-state index contributed by atoms with van der Waals surface area (Å²) in [5, 5.41) is 8.99. The highest BCUT2D eigenvalue weighted by atomic mass is 19.1. The van der Waals surface area contributed by atoms with Crippen molar-refractivity contribution >= 4 is 11.9 Å². The fourth-order valence-electron chi connectivity index (χ4n) is 1.59. The van der Waals surface area contributed by atoms with Crippen LogP contribution in [0.3, 0.4) is 0 Å². The van der Waals surface area contributed by atoms with E-state index in [-0.39, 0.29) is 22.6 Å². The van der Waals surface area contributed by atoms with Crippen molar-refractivity contribution in [3.05, 3.63) is 59.4 Å². The first kappa shape index (κ1) is 13.5. The summed E-state index contributed by atoms with van der Waals surface area (Å²) in [5.41, 5.74) is 4.93. The molecule has 3 N–H and O–H groups in total. The number of hydrogen-bond donors (Lipinski definition) is 2. The van der Waals surface area contributed by atoms with Gasteiger partial charge >= 0.3 is 5.97 Å². The summed E-state index contributed by atoms with van der Waals surface area (Å²) >= 11 is 0. The van der Waals surface area contributed by atoms with Crippen LogP contribution in [0.25, 0.3) is 0 Å². The Hall–Kier alpha value is -2.89. The molecule has 0 saturated heterocycles. The number of rotatable bonds is 4. The van der Waals surface area contributed by atoms with Crippen molar-refractivity contribution < 1.29 is 23.8 Å². The number of primary amides is 1. The number of carboxylic acids is 1. The average molecular weight is 275 g/mol. The highest BCUT2D eigenvalue weighted by Crippen LogP contribution is 2.27. The van der Waals surface area contributed by atoms with Crippen LogP contribution in [-0.4, -0.2) is 17.0 Å². The lowest BCUT2D eigenvalue weighted by Gasteiger charge is -2.09.